The van der Waals surface area contributed by atoms with Gasteiger partial charge in [0.15, 0.2) is 0 Å². The van der Waals surface area contributed by atoms with Crippen molar-refractivity contribution >= 4 is 33.2 Å². The highest BCUT2D eigenvalue weighted by atomic mass is 35.5. The number of benzene rings is 3. The second-order valence-electron chi connectivity index (χ2n) is 8.14. The van der Waals surface area contributed by atoms with E-state index < -0.39 is 15.9 Å². The summed E-state index contributed by atoms with van der Waals surface area (Å²) < 4.78 is 33.8. The first-order valence-electron chi connectivity index (χ1n) is 11.0. The van der Waals surface area contributed by atoms with Crippen molar-refractivity contribution in [2.45, 2.75) is 37.6 Å². The number of anilines is 1. The fourth-order valence-corrected chi connectivity index (χ4v) is 5.37. The Hall–Kier alpha value is -3.03. The Morgan fingerprint density at radius 2 is 1.74 bits per heavy atom. The highest BCUT2D eigenvalue weighted by Crippen LogP contribution is 2.31. The SMILES string of the molecule is COc1ccc(C)cc1S(=O)(=O)N(CC(=O)N[C@H](C)CCc1ccccc1)c1ccc(Cl)cc1. The second-order valence-corrected chi connectivity index (χ2v) is 10.4. The summed E-state index contributed by atoms with van der Waals surface area (Å²) in [6.07, 6.45) is 1.54. The fraction of sp³-hybridized carbons (Fsp3) is 0.269. The number of rotatable bonds is 10. The normalized spacial score (nSPS) is 12.1. The lowest BCUT2D eigenvalue weighted by Gasteiger charge is -2.26. The average Bonchev–Trinajstić information content (AvgIpc) is 2.82. The maximum Gasteiger partial charge on any atom is 0.268 e. The van der Waals surface area contributed by atoms with E-state index in [9.17, 15) is 13.2 Å². The zero-order valence-corrected chi connectivity index (χ0v) is 21.1. The third kappa shape index (κ3) is 6.52. The average molecular weight is 501 g/mol. The molecule has 1 atom stereocenters. The number of carbonyl (C=O) groups is 1. The van der Waals surface area contributed by atoms with Gasteiger partial charge in [0.2, 0.25) is 5.91 Å². The minimum absolute atomic E-state index is 0.00474. The van der Waals surface area contributed by atoms with Gasteiger partial charge >= 0.3 is 0 Å². The molecule has 0 spiro atoms. The number of nitrogens with zero attached hydrogens (tertiary/aromatic N) is 1. The molecule has 0 fully saturated rings. The van der Waals surface area contributed by atoms with Crippen LogP contribution in [0.1, 0.15) is 24.5 Å². The van der Waals surface area contributed by atoms with Gasteiger partial charge in [0.05, 0.1) is 12.8 Å². The molecule has 0 bridgehead atoms. The summed E-state index contributed by atoms with van der Waals surface area (Å²) in [5.74, 6) is -0.188. The van der Waals surface area contributed by atoms with Crippen LogP contribution in [-0.4, -0.2) is 34.0 Å². The molecule has 1 amide bonds. The van der Waals surface area contributed by atoms with Crippen LogP contribution in [0.25, 0.3) is 0 Å². The Morgan fingerprint density at radius 1 is 1.06 bits per heavy atom. The Morgan fingerprint density at radius 3 is 2.38 bits per heavy atom. The van der Waals surface area contributed by atoms with Crippen LogP contribution < -0.4 is 14.4 Å². The molecule has 1 N–H and O–H groups in total. The summed E-state index contributed by atoms with van der Waals surface area (Å²) >= 11 is 6.01. The van der Waals surface area contributed by atoms with Crippen molar-refractivity contribution in [1.29, 1.82) is 0 Å². The van der Waals surface area contributed by atoms with Gasteiger partial charge in [-0.15, -0.1) is 0 Å². The summed E-state index contributed by atoms with van der Waals surface area (Å²) in [6.45, 7) is 3.33. The zero-order valence-electron chi connectivity index (χ0n) is 19.5. The van der Waals surface area contributed by atoms with Gasteiger partial charge < -0.3 is 10.1 Å². The van der Waals surface area contributed by atoms with Crippen LogP contribution in [0.5, 0.6) is 5.75 Å². The molecule has 0 aliphatic carbocycles. The molecule has 0 aromatic heterocycles. The number of halogens is 1. The first-order valence-corrected chi connectivity index (χ1v) is 12.8. The van der Waals surface area contributed by atoms with E-state index >= 15 is 0 Å². The number of aryl methyl sites for hydroxylation is 2. The van der Waals surface area contributed by atoms with E-state index in [1.54, 1.807) is 43.3 Å². The number of hydrogen-bond donors (Lipinski definition) is 1. The Bertz CT molecular complexity index is 1220. The van der Waals surface area contributed by atoms with Crippen molar-refractivity contribution in [3.05, 3.63) is 88.9 Å². The molecular weight excluding hydrogens is 472 g/mol. The first-order chi connectivity index (χ1) is 16.2. The maximum absolute atomic E-state index is 13.7. The molecule has 0 unspecified atom stereocenters. The van der Waals surface area contributed by atoms with E-state index in [2.05, 4.69) is 5.32 Å². The molecule has 0 saturated carbocycles. The number of nitrogens with one attached hydrogen (secondary N) is 1. The van der Waals surface area contributed by atoms with Gasteiger partial charge in [0.25, 0.3) is 10.0 Å². The van der Waals surface area contributed by atoms with E-state index in [1.165, 1.54) is 18.7 Å². The van der Waals surface area contributed by atoms with Gasteiger partial charge in [-0.05, 0) is 74.2 Å². The summed E-state index contributed by atoms with van der Waals surface area (Å²) in [6, 6.07) is 21.1. The second kappa shape index (κ2) is 11.4. The standard InChI is InChI=1S/C26H29ClN2O4S/c1-19-9-16-24(33-3)25(17-19)34(31,32)29(23-14-12-22(27)13-15-23)18-26(30)28-20(2)10-11-21-7-5-4-6-8-21/h4-9,12-17,20H,10-11,18H2,1-3H3,(H,28,30)/t20-/m1/s1. The number of ether oxygens (including phenoxy) is 1. The maximum atomic E-state index is 13.7. The van der Waals surface area contributed by atoms with Crippen molar-refractivity contribution in [2.24, 2.45) is 0 Å². The van der Waals surface area contributed by atoms with E-state index in [0.29, 0.717) is 10.7 Å². The zero-order chi connectivity index (χ0) is 24.7. The first kappa shape index (κ1) is 25.6. The molecule has 0 radical (unpaired) electrons. The van der Waals surface area contributed by atoms with Crippen LogP contribution >= 0.6 is 11.6 Å². The summed E-state index contributed by atoms with van der Waals surface area (Å²) in [5.41, 5.74) is 2.27. The third-order valence-electron chi connectivity index (χ3n) is 5.41. The number of sulfonamides is 1. The van der Waals surface area contributed by atoms with Crippen molar-refractivity contribution < 1.29 is 17.9 Å². The van der Waals surface area contributed by atoms with E-state index in [-0.39, 0.29) is 23.2 Å². The molecule has 3 aromatic carbocycles. The van der Waals surface area contributed by atoms with E-state index in [1.807, 2.05) is 37.3 Å². The van der Waals surface area contributed by atoms with Gasteiger partial charge in [0.1, 0.15) is 17.2 Å². The molecule has 0 aliphatic heterocycles. The van der Waals surface area contributed by atoms with Crippen LogP contribution in [0.15, 0.2) is 77.7 Å². The highest BCUT2D eigenvalue weighted by Gasteiger charge is 2.30. The molecule has 0 saturated heterocycles. The number of hydrogen-bond acceptors (Lipinski definition) is 4. The van der Waals surface area contributed by atoms with Crippen LogP contribution in [0.3, 0.4) is 0 Å². The molecule has 34 heavy (non-hydrogen) atoms. The lowest BCUT2D eigenvalue weighted by atomic mass is 10.1. The number of methoxy groups -OCH3 is 1. The topological polar surface area (TPSA) is 75.7 Å². The van der Waals surface area contributed by atoms with Gasteiger partial charge in [-0.3, -0.25) is 9.10 Å². The van der Waals surface area contributed by atoms with Crippen molar-refractivity contribution in [3.8, 4) is 5.75 Å². The molecule has 180 valence electrons. The van der Waals surface area contributed by atoms with Crippen molar-refractivity contribution in [1.82, 2.24) is 5.32 Å². The lowest BCUT2D eigenvalue weighted by molar-refractivity contribution is -0.120. The van der Waals surface area contributed by atoms with E-state index in [0.717, 1.165) is 22.7 Å². The van der Waals surface area contributed by atoms with Crippen molar-refractivity contribution in [3.63, 3.8) is 0 Å². The monoisotopic (exact) mass is 500 g/mol. The Kier molecular flexibility index (Phi) is 8.58. The number of amides is 1. The number of carbonyl (C=O) groups excluding carboxylic acids is 1. The lowest BCUT2D eigenvalue weighted by Crippen LogP contribution is -2.43. The summed E-state index contributed by atoms with van der Waals surface area (Å²) in [5, 5.41) is 3.39. The quantitative estimate of drug-likeness (QED) is 0.425. The molecular formula is C26H29ClN2O4S. The molecule has 0 heterocycles. The van der Waals surface area contributed by atoms with Crippen LogP contribution in [0.4, 0.5) is 5.69 Å². The van der Waals surface area contributed by atoms with Gasteiger partial charge in [-0.1, -0.05) is 48.0 Å². The van der Waals surface area contributed by atoms with Gasteiger partial charge in [-0.25, -0.2) is 8.42 Å². The summed E-state index contributed by atoms with van der Waals surface area (Å²) in [4.78, 5) is 12.9. The molecule has 3 rings (SSSR count). The smallest absolute Gasteiger partial charge is 0.268 e. The van der Waals surface area contributed by atoms with E-state index in [4.69, 9.17) is 16.3 Å². The van der Waals surface area contributed by atoms with Crippen LogP contribution in [0, 0.1) is 6.92 Å². The molecule has 0 aliphatic rings. The van der Waals surface area contributed by atoms with Gasteiger partial charge in [0, 0.05) is 11.1 Å². The van der Waals surface area contributed by atoms with Crippen molar-refractivity contribution in [2.75, 3.05) is 18.0 Å². The third-order valence-corrected chi connectivity index (χ3v) is 7.45. The van der Waals surface area contributed by atoms with Crippen LogP contribution in [-0.2, 0) is 21.2 Å². The Labute approximate surface area is 206 Å². The van der Waals surface area contributed by atoms with Gasteiger partial charge in [-0.2, -0.15) is 0 Å². The van der Waals surface area contributed by atoms with Crippen LogP contribution in [0.2, 0.25) is 5.02 Å². The minimum Gasteiger partial charge on any atom is -0.495 e. The minimum atomic E-state index is -4.11. The molecule has 6 nitrogen and oxygen atoms in total. The fourth-order valence-electron chi connectivity index (χ4n) is 3.58. The molecule has 8 heteroatoms. The predicted octanol–water partition coefficient (Wildman–Crippen LogP) is 4.99. The summed E-state index contributed by atoms with van der Waals surface area (Å²) in [7, 11) is -2.70. The Balaban J connectivity index is 1.83. The predicted molar refractivity (Wildman–Crippen MR) is 136 cm³/mol. The largest absolute Gasteiger partial charge is 0.495 e. The molecule has 3 aromatic rings. The highest BCUT2D eigenvalue weighted by molar-refractivity contribution is 7.93.